The minimum Gasteiger partial charge on any atom is -0.490 e. The van der Waals surface area contributed by atoms with Crippen LogP contribution < -0.4 is 14.8 Å². The number of carbonyl (C=O) groups is 1. The maximum Gasteiger partial charge on any atom is 0.264 e. The summed E-state index contributed by atoms with van der Waals surface area (Å²) in [7, 11) is 0. The van der Waals surface area contributed by atoms with Crippen LogP contribution in [-0.4, -0.2) is 17.7 Å². The predicted molar refractivity (Wildman–Crippen MR) is 146 cm³/mol. The van der Waals surface area contributed by atoms with Crippen molar-refractivity contribution >= 4 is 81.0 Å². The molecule has 5 nitrogen and oxygen atoms in total. The van der Waals surface area contributed by atoms with E-state index in [0.717, 1.165) is 5.56 Å². The Kier molecular flexibility index (Phi) is 8.52. The van der Waals surface area contributed by atoms with Gasteiger partial charge in [0.25, 0.3) is 5.91 Å². The minimum atomic E-state index is -0.292. The number of benzene rings is 3. The van der Waals surface area contributed by atoms with E-state index in [9.17, 15) is 4.79 Å². The van der Waals surface area contributed by atoms with E-state index in [0.29, 0.717) is 59.5 Å². The van der Waals surface area contributed by atoms with Crippen LogP contribution in [0.25, 0.3) is 6.08 Å². The maximum atomic E-state index is 12.5. The molecule has 0 atom stereocenters. The summed E-state index contributed by atoms with van der Waals surface area (Å²) in [5.41, 5.74) is 1.96. The highest BCUT2D eigenvalue weighted by atomic mass is 35.5. The molecular formula is C25H18Cl4N2O3S. The third-order valence-electron chi connectivity index (χ3n) is 4.76. The summed E-state index contributed by atoms with van der Waals surface area (Å²) in [4.78, 5) is 17.4. The molecule has 0 saturated carbocycles. The van der Waals surface area contributed by atoms with E-state index in [2.05, 4.69) is 10.3 Å². The van der Waals surface area contributed by atoms with Gasteiger partial charge in [0.1, 0.15) is 6.61 Å². The van der Waals surface area contributed by atoms with Crippen molar-refractivity contribution in [3.05, 3.63) is 90.7 Å². The van der Waals surface area contributed by atoms with Crippen LogP contribution in [0.15, 0.2) is 64.5 Å². The van der Waals surface area contributed by atoms with E-state index in [4.69, 9.17) is 55.9 Å². The lowest BCUT2D eigenvalue weighted by atomic mass is 10.1. The lowest BCUT2D eigenvalue weighted by Gasteiger charge is -2.15. The van der Waals surface area contributed by atoms with Crippen LogP contribution in [0.1, 0.15) is 18.1 Å². The fourth-order valence-electron chi connectivity index (χ4n) is 3.16. The molecule has 3 aromatic carbocycles. The summed E-state index contributed by atoms with van der Waals surface area (Å²) < 4.78 is 11.7. The molecular weight excluding hydrogens is 550 g/mol. The molecule has 4 rings (SSSR count). The van der Waals surface area contributed by atoms with Crippen molar-refractivity contribution in [2.45, 2.75) is 13.5 Å². The first-order chi connectivity index (χ1) is 16.9. The number of nitrogens with zero attached hydrogens (tertiary/aromatic N) is 1. The molecule has 1 amide bonds. The van der Waals surface area contributed by atoms with Crippen LogP contribution in [-0.2, 0) is 11.4 Å². The van der Waals surface area contributed by atoms with Crippen LogP contribution in [0.4, 0.5) is 5.69 Å². The summed E-state index contributed by atoms with van der Waals surface area (Å²) in [6, 6.07) is 16.0. The van der Waals surface area contributed by atoms with Crippen molar-refractivity contribution in [3.8, 4) is 11.5 Å². The summed E-state index contributed by atoms with van der Waals surface area (Å²) in [6.45, 7) is 2.50. The van der Waals surface area contributed by atoms with E-state index in [-0.39, 0.29) is 12.5 Å². The molecule has 0 spiro atoms. The van der Waals surface area contributed by atoms with Gasteiger partial charge in [0.15, 0.2) is 16.7 Å². The van der Waals surface area contributed by atoms with Crippen LogP contribution in [0, 0.1) is 0 Å². The summed E-state index contributed by atoms with van der Waals surface area (Å²) in [6.07, 6.45) is 1.70. The number of ether oxygens (including phenoxy) is 2. The van der Waals surface area contributed by atoms with Crippen molar-refractivity contribution in [1.82, 2.24) is 5.32 Å². The first-order valence-electron chi connectivity index (χ1n) is 10.4. The number of amides is 1. The largest absolute Gasteiger partial charge is 0.490 e. The Labute approximate surface area is 227 Å². The number of hydrogen-bond donors (Lipinski definition) is 1. The second-order valence-electron chi connectivity index (χ2n) is 7.20. The number of thioether (sulfide) groups is 1. The second kappa shape index (κ2) is 11.6. The van der Waals surface area contributed by atoms with E-state index < -0.39 is 0 Å². The van der Waals surface area contributed by atoms with Gasteiger partial charge in [-0.1, -0.05) is 70.7 Å². The van der Waals surface area contributed by atoms with Gasteiger partial charge < -0.3 is 14.8 Å². The second-order valence-corrected chi connectivity index (χ2v) is 9.83. The highest BCUT2D eigenvalue weighted by Gasteiger charge is 2.25. The average Bonchev–Trinajstić information content (AvgIpc) is 3.16. The van der Waals surface area contributed by atoms with Crippen molar-refractivity contribution in [2.75, 3.05) is 6.61 Å². The average molecular weight is 568 g/mol. The number of halogens is 4. The van der Waals surface area contributed by atoms with E-state index in [1.54, 1.807) is 42.5 Å². The molecule has 35 heavy (non-hydrogen) atoms. The van der Waals surface area contributed by atoms with Gasteiger partial charge in [-0.15, -0.1) is 0 Å². The van der Waals surface area contributed by atoms with E-state index in [1.165, 1.54) is 11.8 Å². The molecule has 1 fully saturated rings. The number of nitrogens with one attached hydrogen (secondary N) is 1. The van der Waals surface area contributed by atoms with Gasteiger partial charge >= 0.3 is 0 Å². The number of carbonyl (C=O) groups excluding carboxylic acids is 1. The molecule has 0 aromatic heterocycles. The Balaban J connectivity index is 1.58. The van der Waals surface area contributed by atoms with Gasteiger partial charge in [0.05, 0.1) is 32.3 Å². The van der Waals surface area contributed by atoms with Gasteiger partial charge in [-0.05, 0) is 60.7 Å². The smallest absolute Gasteiger partial charge is 0.264 e. The highest BCUT2D eigenvalue weighted by molar-refractivity contribution is 8.18. The fraction of sp³-hybridized carbons (Fsp3) is 0.120. The highest BCUT2D eigenvalue weighted by Crippen LogP contribution is 2.39. The molecule has 0 aliphatic carbocycles. The zero-order valence-electron chi connectivity index (χ0n) is 18.3. The van der Waals surface area contributed by atoms with Crippen molar-refractivity contribution in [2.24, 2.45) is 4.99 Å². The Morgan fingerprint density at radius 2 is 1.74 bits per heavy atom. The lowest BCUT2D eigenvalue weighted by Crippen LogP contribution is -2.19. The Morgan fingerprint density at radius 1 is 0.971 bits per heavy atom. The lowest BCUT2D eigenvalue weighted by molar-refractivity contribution is -0.115. The summed E-state index contributed by atoms with van der Waals surface area (Å²) >= 11 is 26.2. The predicted octanol–water partition coefficient (Wildman–Crippen LogP) is 8.17. The van der Waals surface area contributed by atoms with Crippen LogP contribution in [0.5, 0.6) is 11.5 Å². The van der Waals surface area contributed by atoms with Crippen LogP contribution in [0.2, 0.25) is 20.1 Å². The Hall–Kier alpha value is -2.35. The number of hydrogen-bond acceptors (Lipinski definition) is 5. The SMILES string of the molecule is CCOc1cc(/C=C2/SC(=Nc3cccc(Cl)c3Cl)NC2=O)cc(Cl)c1OCc1ccccc1Cl. The molecule has 1 aliphatic rings. The van der Waals surface area contributed by atoms with Crippen LogP contribution in [0.3, 0.4) is 0 Å². The summed E-state index contributed by atoms with van der Waals surface area (Å²) in [5.74, 6) is 0.568. The number of amidine groups is 1. The summed E-state index contributed by atoms with van der Waals surface area (Å²) in [5, 5.41) is 4.76. The normalized spacial score (nSPS) is 15.5. The third-order valence-corrected chi connectivity index (χ3v) is 7.13. The number of aliphatic imine (C=N–C) groups is 1. The van der Waals surface area contributed by atoms with Gasteiger partial charge in [0.2, 0.25) is 0 Å². The van der Waals surface area contributed by atoms with E-state index in [1.807, 2.05) is 25.1 Å². The quantitative estimate of drug-likeness (QED) is 0.292. The van der Waals surface area contributed by atoms with Gasteiger partial charge in [0, 0.05) is 10.6 Å². The molecule has 1 heterocycles. The third kappa shape index (κ3) is 6.26. The molecule has 1 N–H and O–H groups in total. The standard InChI is InChI=1S/C25H18Cl4N2O3S/c1-2-33-20-11-14(10-18(28)23(20)34-13-15-6-3-4-7-16(15)26)12-21-24(32)31-25(35-21)30-19-9-5-8-17(27)22(19)29/h3-12H,2,13H2,1H3,(H,30,31,32)/b21-12+. The topological polar surface area (TPSA) is 59.9 Å². The Morgan fingerprint density at radius 3 is 2.51 bits per heavy atom. The number of rotatable bonds is 7. The van der Waals surface area contributed by atoms with Crippen LogP contribution >= 0.6 is 58.2 Å². The van der Waals surface area contributed by atoms with E-state index >= 15 is 0 Å². The molecule has 0 radical (unpaired) electrons. The molecule has 3 aromatic rings. The van der Waals surface area contributed by atoms with Gasteiger partial charge in [-0.3, -0.25) is 4.79 Å². The molecule has 10 heteroatoms. The monoisotopic (exact) mass is 566 g/mol. The zero-order chi connectivity index (χ0) is 24.9. The molecule has 1 saturated heterocycles. The Bertz CT molecular complexity index is 1340. The molecule has 0 unspecified atom stereocenters. The molecule has 0 bridgehead atoms. The van der Waals surface area contributed by atoms with Crippen molar-refractivity contribution in [1.29, 1.82) is 0 Å². The molecule has 1 aliphatic heterocycles. The maximum absolute atomic E-state index is 12.5. The zero-order valence-corrected chi connectivity index (χ0v) is 22.1. The fourth-order valence-corrected chi connectivity index (χ4v) is 4.80. The molecule has 180 valence electrons. The van der Waals surface area contributed by atoms with Crippen molar-refractivity contribution < 1.29 is 14.3 Å². The minimum absolute atomic E-state index is 0.226. The van der Waals surface area contributed by atoms with Gasteiger partial charge in [-0.25, -0.2) is 4.99 Å². The van der Waals surface area contributed by atoms with Gasteiger partial charge in [-0.2, -0.15) is 0 Å². The van der Waals surface area contributed by atoms with Crippen molar-refractivity contribution in [3.63, 3.8) is 0 Å². The first-order valence-corrected chi connectivity index (χ1v) is 12.7. The first kappa shape index (κ1) is 25.7.